The van der Waals surface area contributed by atoms with Crippen LogP contribution in [-0.2, 0) is 9.53 Å². The molecule has 0 aromatic carbocycles. The molecule has 0 radical (unpaired) electrons. The van der Waals surface area contributed by atoms with Gasteiger partial charge in [0.2, 0.25) is 0 Å². The first-order valence-corrected chi connectivity index (χ1v) is 6.74. The molecule has 0 saturated heterocycles. The van der Waals surface area contributed by atoms with Crippen molar-refractivity contribution in [2.75, 3.05) is 14.2 Å². The lowest BCUT2D eigenvalue weighted by atomic mass is 9.96. The Kier molecular flexibility index (Phi) is 5.62. The van der Waals surface area contributed by atoms with Crippen molar-refractivity contribution in [3.63, 3.8) is 0 Å². The maximum atomic E-state index is 11.7. The number of carbonyl (C=O) groups excluding carboxylic acids is 1. The third kappa shape index (κ3) is 3.99. The highest BCUT2D eigenvalue weighted by Crippen LogP contribution is 2.28. The van der Waals surface area contributed by atoms with Gasteiger partial charge in [0.05, 0.1) is 7.11 Å². The molecule has 1 N–H and O–H groups in total. The molecule has 18 heavy (non-hydrogen) atoms. The molecule has 100 valence electrons. The van der Waals surface area contributed by atoms with Crippen LogP contribution in [0.4, 0.5) is 0 Å². The Hall–Kier alpha value is -1.07. The van der Waals surface area contributed by atoms with Crippen LogP contribution in [0.15, 0.2) is 29.4 Å². The summed E-state index contributed by atoms with van der Waals surface area (Å²) < 4.78 is 4.84. The Morgan fingerprint density at radius 1 is 1.56 bits per heavy atom. The maximum Gasteiger partial charge on any atom is 0.325 e. The molecule has 0 spiro atoms. The summed E-state index contributed by atoms with van der Waals surface area (Å²) in [6.45, 7) is 3.96. The van der Waals surface area contributed by atoms with Crippen molar-refractivity contribution < 1.29 is 9.53 Å². The van der Waals surface area contributed by atoms with Crippen molar-refractivity contribution >= 4 is 17.7 Å². The number of thioether (sulfide) groups is 1. The van der Waals surface area contributed by atoms with Gasteiger partial charge in [-0.05, 0) is 32.5 Å². The Morgan fingerprint density at radius 3 is 2.67 bits per heavy atom. The van der Waals surface area contributed by atoms with Crippen molar-refractivity contribution in [3.8, 4) is 0 Å². The molecule has 1 aromatic rings. The van der Waals surface area contributed by atoms with Crippen LogP contribution in [0.2, 0.25) is 0 Å². The summed E-state index contributed by atoms with van der Waals surface area (Å²) in [5, 5.41) is 3.34. The number of hydrogen-bond acceptors (Lipinski definition) is 5. The summed E-state index contributed by atoms with van der Waals surface area (Å²) in [4.78, 5) is 16.9. The Balaban J connectivity index is 2.63. The summed E-state index contributed by atoms with van der Waals surface area (Å²) >= 11 is 1.73. The number of ether oxygens (including phenoxy) is 1. The highest BCUT2D eigenvalue weighted by atomic mass is 32.2. The van der Waals surface area contributed by atoms with E-state index in [0.717, 1.165) is 4.90 Å². The smallest absolute Gasteiger partial charge is 0.325 e. The normalized spacial score (nSPS) is 15.8. The minimum Gasteiger partial charge on any atom is -0.468 e. The molecule has 1 heterocycles. The standard InChI is InChI=1S/C13H20N2O2S/c1-10(18-11-5-7-15-8-6-11)9-13(2,14-3)12(16)17-4/h5-8,10,14H,9H2,1-4H3. The van der Waals surface area contributed by atoms with Gasteiger partial charge in [-0.25, -0.2) is 0 Å². The van der Waals surface area contributed by atoms with E-state index in [1.807, 2.05) is 19.1 Å². The van der Waals surface area contributed by atoms with Gasteiger partial charge in [0.25, 0.3) is 0 Å². The van der Waals surface area contributed by atoms with E-state index in [4.69, 9.17) is 4.74 Å². The number of aromatic nitrogens is 1. The zero-order valence-electron chi connectivity index (χ0n) is 11.3. The van der Waals surface area contributed by atoms with Gasteiger partial charge in [0, 0.05) is 22.5 Å². The van der Waals surface area contributed by atoms with Gasteiger partial charge in [-0.1, -0.05) is 6.92 Å². The minimum atomic E-state index is -0.645. The number of esters is 1. The third-order valence-electron chi connectivity index (χ3n) is 2.87. The quantitative estimate of drug-likeness (QED) is 0.632. The Bertz CT molecular complexity index is 386. The fourth-order valence-electron chi connectivity index (χ4n) is 1.78. The van der Waals surface area contributed by atoms with E-state index in [9.17, 15) is 4.79 Å². The number of methoxy groups -OCH3 is 1. The van der Waals surface area contributed by atoms with E-state index in [1.54, 1.807) is 31.2 Å². The third-order valence-corrected chi connectivity index (χ3v) is 3.98. The zero-order valence-corrected chi connectivity index (χ0v) is 12.1. The summed E-state index contributed by atoms with van der Waals surface area (Å²) in [5.41, 5.74) is -0.645. The number of likely N-dealkylation sites (N-methyl/N-ethyl adjacent to an activating group) is 1. The topological polar surface area (TPSA) is 51.2 Å². The lowest BCUT2D eigenvalue weighted by molar-refractivity contribution is -0.147. The minimum absolute atomic E-state index is 0.229. The second-order valence-electron chi connectivity index (χ2n) is 4.39. The zero-order chi connectivity index (χ0) is 13.6. The van der Waals surface area contributed by atoms with Gasteiger partial charge in [0.1, 0.15) is 5.54 Å². The number of carbonyl (C=O) groups is 1. The largest absolute Gasteiger partial charge is 0.468 e. The van der Waals surface area contributed by atoms with Crippen LogP contribution in [0.3, 0.4) is 0 Å². The first-order valence-electron chi connectivity index (χ1n) is 5.86. The van der Waals surface area contributed by atoms with Gasteiger partial charge in [-0.2, -0.15) is 0 Å². The van der Waals surface area contributed by atoms with E-state index >= 15 is 0 Å². The summed E-state index contributed by atoms with van der Waals surface area (Å²) in [7, 11) is 3.19. The van der Waals surface area contributed by atoms with Crippen LogP contribution in [0, 0.1) is 0 Å². The van der Waals surface area contributed by atoms with Gasteiger partial charge in [-0.15, -0.1) is 11.8 Å². The lowest BCUT2D eigenvalue weighted by Crippen LogP contribution is -2.49. The molecule has 1 rings (SSSR count). The number of nitrogens with one attached hydrogen (secondary N) is 1. The molecule has 0 saturated carbocycles. The van der Waals surface area contributed by atoms with Crippen LogP contribution < -0.4 is 5.32 Å². The van der Waals surface area contributed by atoms with E-state index in [0.29, 0.717) is 11.7 Å². The molecule has 0 aliphatic rings. The first kappa shape index (κ1) is 15.0. The molecule has 0 aliphatic carbocycles. The SMILES string of the molecule is CNC(C)(CC(C)Sc1ccncc1)C(=O)OC. The highest BCUT2D eigenvalue weighted by Gasteiger charge is 2.34. The fraction of sp³-hybridized carbons (Fsp3) is 0.538. The molecule has 0 amide bonds. The molecule has 0 aliphatic heterocycles. The van der Waals surface area contributed by atoms with Crippen molar-refractivity contribution in [1.29, 1.82) is 0 Å². The maximum absolute atomic E-state index is 11.7. The molecular weight excluding hydrogens is 248 g/mol. The summed E-state index contributed by atoms with van der Waals surface area (Å²) in [6, 6.07) is 3.94. The molecule has 1 aromatic heterocycles. The monoisotopic (exact) mass is 268 g/mol. The van der Waals surface area contributed by atoms with E-state index in [-0.39, 0.29) is 5.97 Å². The Labute approximate surface area is 113 Å². The van der Waals surface area contributed by atoms with Crippen LogP contribution >= 0.6 is 11.8 Å². The highest BCUT2D eigenvalue weighted by molar-refractivity contribution is 7.99. The molecule has 4 nitrogen and oxygen atoms in total. The number of nitrogens with zero attached hydrogens (tertiary/aromatic N) is 1. The average molecular weight is 268 g/mol. The van der Waals surface area contributed by atoms with Crippen LogP contribution in [0.5, 0.6) is 0 Å². The predicted molar refractivity (Wildman–Crippen MR) is 73.7 cm³/mol. The summed E-state index contributed by atoms with van der Waals surface area (Å²) in [6.07, 6.45) is 4.24. The van der Waals surface area contributed by atoms with Gasteiger partial charge < -0.3 is 10.1 Å². The molecule has 2 unspecified atom stereocenters. The van der Waals surface area contributed by atoms with Crippen molar-refractivity contribution in [2.24, 2.45) is 0 Å². The van der Waals surface area contributed by atoms with Gasteiger partial charge in [0.15, 0.2) is 0 Å². The number of rotatable bonds is 6. The van der Waals surface area contributed by atoms with Crippen LogP contribution in [0.25, 0.3) is 0 Å². The molecule has 2 atom stereocenters. The number of pyridine rings is 1. The average Bonchev–Trinajstić information content (AvgIpc) is 2.38. The molecule has 0 fully saturated rings. The lowest BCUT2D eigenvalue weighted by Gasteiger charge is -2.28. The fourth-order valence-corrected chi connectivity index (χ4v) is 2.94. The van der Waals surface area contributed by atoms with Crippen molar-refractivity contribution in [1.82, 2.24) is 10.3 Å². The van der Waals surface area contributed by atoms with Crippen molar-refractivity contribution in [2.45, 2.75) is 36.0 Å². The van der Waals surface area contributed by atoms with Crippen LogP contribution in [0.1, 0.15) is 20.3 Å². The second kappa shape index (κ2) is 6.75. The number of hydrogen-bond donors (Lipinski definition) is 1. The molecule has 5 heteroatoms. The van der Waals surface area contributed by atoms with E-state index in [1.165, 1.54) is 7.11 Å². The first-order chi connectivity index (χ1) is 8.51. The summed E-state index contributed by atoms with van der Waals surface area (Å²) in [5.74, 6) is -0.229. The van der Waals surface area contributed by atoms with Crippen LogP contribution in [-0.4, -0.2) is 35.9 Å². The molecule has 0 bridgehead atoms. The van der Waals surface area contributed by atoms with E-state index in [2.05, 4.69) is 17.2 Å². The second-order valence-corrected chi connectivity index (χ2v) is 5.90. The van der Waals surface area contributed by atoms with Crippen molar-refractivity contribution in [3.05, 3.63) is 24.5 Å². The predicted octanol–water partition coefficient (Wildman–Crippen LogP) is 2.10. The molecular formula is C13H20N2O2S. The Morgan fingerprint density at radius 2 is 2.17 bits per heavy atom. The van der Waals surface area contributed by atoms with Gasteiger partial charge >= 0.3 is 5.97 Å². The van der Waals surface area contributed by atoms with Gasteiger partial charge in [-0.3, -0.25) is 9.78 Å². The van der Waals surface area contributed by atoms with E-state index < -0.39 is 5.54 Å².